The molecule has 0 aliphatic rings. The molecule has 0 heterocycles. The van der Waals surface area contributed by atoms with E-state index in [0.29, 0.717) is 30.9 Å². The molecule has 8 nitrogen and oxygen atoms in total. The first-order chi connectivity index (χ1) is 17.7. The van der Waals surface area contributed by atoms with Gasteiger partial charge in [0.1, 0.15) is 23.4 Å². The molecule has 1 aromatic carbocycles. The van der Waals surface area contributed by atoms with Crippen LogP contribution in [0.15, 0.2) is 24.3 Å². The summed E-state index contributed by atoms with van der Waals surface area (Å²) in [7, 11) is 0. The highest BCUT2D eigenvalue weighted by atomic mass is 16.6. The molecule has 0 aliphatic carbocycles. The van der Waals surface area contributed by atoms with Gasteiger partial charge in [0, 0.05) is 12.6 Å². The van der Waals surface area contributed by atoms with E-state index in [2.05, 4.69) is 24.5 Å². The van der Waals surface area contributed by atoms with Crippen LogP contribution in [0.5, 0.6) is 5.75 Å². The minimum atomic E-state index is -0.972. The van der Waals surface area contributed by atoms with Crippen molar-refractivity contribution in [3.63, 3.8) is 0 Å². The molecule has 8 heteroatoms. The predicted octanol–water partition coefficient (Wildman–Crippen LogP) is 5.94. The second-order valence-corrected chi connectivity index (χ2v) is 11.7. The average molecular weight is 534 g/mol. The Morgan fingerprint density at radius 1 is 1.05 bits per heavy atom. The number of unbranched alkanes of at least 4 members (excludes halogenated alkanes) is 1. The van der Waals surface area contributed by atoms with E-state index in [1.165, 1.54) is 12.1 Å². The van der Waals surface area contributed by atoms with Crippen molar-refractivity contribution in [2.24, 2.45) is 11.8 Å². The van der Waals surface area contributed by atoms with Crippen LogP contribution >= 0.6 is 0 Å². The van der Waals surface area contributed by atoms with E-state index in [1.807, 2.05) is 27.7 Å². The first-order valence-electron chi connectivity index (χ1n) is 14.1. The van der Waals surface area contributed by atoms with Gasteiger partial charge in [0.25, 0.3) is 0 Å². The Balaban J connectivity index is 3.61. The largest absolute Gasteiger partial charge is 0.508 e. The first kappa shape index (κ1) is 33.3. The molecule has 38 heavy (non-hydrogen) atoms. The molecule has 0 bridgehead atoms. The summed E-state index contributed by atoms with van der Waals surface area (Å²) < 4.78 is 5.47. The topological polar surface area (TPSA) is 108 Å². The van der Waals surface area contributed by atoms with Gasteiger partial charge in [0.05, 0.1) is 0 Å². The Labute approximate surface area is 229 Å². The number of alkyl carbamates (subject to hydrolysis) is 1. The summed E-state index contributed by atoms with van der Waals surface area (Å²) in [4.78, 5) is 42.5. The SMILES string of the molecule is CCCCNC(=O)C(c1cccc(O)c1)N(C(=O)C(NC(=O)OC(C)(C)C)C(C)CC)C(C)CCC(C)C. The van der Waals surface area contributed by atoms with E-state index >= 15 is 0 Å². The van der Waals surface area contributed by atoms with E-state index in [0.717, 1.165) is 19.3 Å². The lowest BCUT2D eigenvalue weighted by Crippen LogP contribution is -2.57. The molecule has 4 atom stereocenters. The number of nitrogens with one attached hydrogen (secondary N) is 2. The Hall–Kier alpha value is -2.77. The molecular weight excluding hydrogens is 482 g/mol. The minimum Gasteiger partial charge on any atom is -0.508 e. The first-order valence-corrected chi connectivity index (χ1v) is 14.1. The molecule has 4 unspecified atom stereocenters. The van der Waals surface area contributed by atoms with Crippen LogP contribution in [0.1, 0.15) is 106 Å². The van der Waals surface area contributed by atoms with Crippen molar-refractivity contribution in [3.05, 3.63) is 29.8 Å². The molecule has 0 saturated heterocycles. The van der Waals surface area contributed by atoms with Crippen LogP contribution in [0.2, 0.25) is 0 Å². The number of hydrogen-bond acceptors (Lipinski definition) is 5. The van der Waals surface area contributed by atoms with Crippen LogP contribution < -0.4 is 10.6 Å². The van der Waals surface area contributed by atoms with Gasteiger partial charge in [-0.05, 0) is 76.5 Å². The van der Waals surface area contributed by atoms with Gasteiger partial charge in [-0.15, -0.1) is 0 Å². The average Bonchev–Trinajstić information content (AvgIpc) is 2.82. The number of aromatic hydroxyl groups is 1. The maximum absolute atomic E-state index is 14.4. The number of benzene rings is 1. The van der Waals surface area contributed by atoms with Crippen LogP contribution in [0.25, 0.3) is 0 Å². The smallest absolute Gasteiger partial charge is 0.408 e. The Kier molecular flexibility index (Phi) is 13.6. The fraction of sp³-hybridized carbons (Fsp3) is 0.700. The number of carbonyl (C=O) groups excluding carboxylic acids is 3. The Morgan fingerprint density at radius 2 is 1.71 bits per heavy atom. The summed E-state index contributed by atoms with van der Waals surface area (Å²) in [5.41, 5.74) is -0.204. The summed E-state index contributed by atoms with van der Waals surface area (Å²) in [5.74, 6) is -0.434. The third-order valence-corrected chi connectivity index (χ3v) is 6.58. The van der Waals surface area contributed by atoms with Crippen molar-refractivity contribution in [2.75, 3.05) is 6.54 Å². The van der Waals surface area contributed by atoms with E-state index in [-0.39, 0.29) is 29.5 Å². The van der Waals surface area contributed by atoms with Gasteiger partial charge in [-0.25, -0.2) is 4.79 Å². The van der Waals surface area contributed by atoms with Crippen LogP contribution in [-0.2, 0) is 14.3 Å². The fourth-order valence-corrected chi connectivity index (χ4v) is 4.21. The number of carbonyl (C=O) groups is 3. The van der Waals surface area contributed by atoms with Gasteiger partial charge in [-0.3, -0.25) is 9.59 Å². The summed E-state index contributed by atoms with van der Waals surface area (Å²) in [5, 5.41) is 16.0. The fourth-order valence-electron chi connectivity index (χ4n) is 4.21. The summed E-state index contributed by atoms with van der Waals surface area (Å²) in [6, 6.07) is 4.32. The van der Waals surface area contributed by atoms with Gasteiger partial charge in [-0.2, -0.15) is 0 Å². The number of phenols is 1. The lowest BCUT2D eigenvalue weighted by molar-refractivity contribution is -0.146. The highest BCUT2D eigenvalue weighted by molar-refractivity contribution is 5.92. The number of rotatable bonds is 14. The monoisotopic (exact) mass is 533 g/mol. The summed E-state index contributed by atoms with van der Waals surface area (Å²) in [6.45, 7) is 17.9. The molecule has 1 rings (SSSR count). The van der Waals surface area contributed by atoms with Crippen molar-refractivity contribution in [1.82, 2.24) is 15.5 Å². The maximum Gasteiger partial charge on any atom is 0.408 e. The second-order valence-electron chi connectivity index (χ2n) is 11.7. The van der Waals surface area contributed by atoms with Crippen LogP contribution in [0.4, 0.5) is 4.79 Å². The molecular formula is C30H51N3O5. The van der Waals surface area contributed by atoms with Gasteiger partial charge in [0.2, 0.25) is 11.8 Å². The molecule has 3 amide bonds. The van der Waals surface area contributed by atoms with Crippen molar-refractivity contribution in [3.8, 4) is 5.75 Å². The van der Waals surface area contributed by atoms with Gasteiger partial charge in [-0.1, -0.05) is 59.6 Å². The lowest BCUT2D eigenvalue weighted by Gasteiger charge is -2.40. The highest BCUT2D eigenvalue weighted by Crippen LogP contribution is 2.30. The summed E-state index contributed by atoms with van der Waals surface area (Å²) in [6.07, 6.45) is 3.24. The van der Waals surface area contributed by atoms with Crippen molar-refractivity contribution in [2.45, 2.75) is 118 Å². The van der Waals surface area contributed by atoms with E-state index in [1.54, 1.807) is 37.8 Å². The zero-order valence-electron chi connectivity index (χ0n) is 25.0. The van der Waals surface area contributed by atoms with Crippen LogP contribution in [0.3, 0.4) is 0 Å². The normalized spacial score (nSPS) is 14.8. The van der Waals surface area contributed by atoms with E-state index in [4.69, 9.17) is 4.74 Å². The third kappa shape index (κ3) is 10.9. The second kappa shape index (κ2) is 15.6. The zero-order chi connectivity index (χ0) is 29.0. The predicted molar refractivity (Wildman–Crippen MR) is 152 cm³/mol. The number of hydrogen-bond donors (Lipinski definition) is 3. The maximum atomic E-state index is 14.4. The van der Waals surface area contributed by atoms with Crippen LogP contribution in [-0.4, -0.2) is 52.1 Å². The molecule has 0 spiro atoms. The number of phenolic OH excluding ortho intramolecular Hbond substituents is 1. The molecule has 3 N–H and O–H groups in total. The van der Waals surface area contributed by atoms with Gasteiger partial charge < -0.3 is 25.4 Å². The molecule has 216 valence electrons. The Bertz CT molecular complexity index is 896. The standard InChI is InChI=1S/C30H51N3O5/c1-10-12-18-31-27(35)26(23-14-13-15-24(34)19-23)33(22(6)17-16-20(3)4)28(36)25(21(5)11-2)32-29(37)38-30(7,8)9/h13-15,19-22,25-26,34H,10-12,16-18H2,1-9H3,(H,31,35)(H,32,37). The summed E-state index contributed by atoms with van der Waals surface area (Å²) >= 11 is 0. The van der Waals surface area contributed by atoms with Gasteiger partial charge in [0.15, 0.2) is 0 Å². The minimum absolute atomic E-state index is 0.0152. The Morgan fingerprint density at radius 3 is 2.24 bits per heavy atom. The number of ether oxygens (including phenoxy) is 1. The van der Waals surface area contributed by atoms with Crippen LogP contribution in [0, 0.1) is 11.8 Å². The third-order valence-electron chi connectivity index (χ3n) is 6.58. The van der Waals surface area contributed by atoms with Crippen molar-refractivity contribution >= 4 is 17.9 Å². The quantitative estimate of drug-likeness (QED) is 0.256. The number of amides is 3. The molecule has 0 aromatic heterocycles. The molecule has 0 aliphatic heterocycles. The molecule has 0 saturated carbocycles. The highest BCUT2D eigenvalue weighted by Gasteiger charge is 2.40. The van der Waals surface area contributed by atoms with Gasteiger partial charge >= 0.3 is 6.09 Å². The van der Waals surface area contributed by atoms with E-state index < -0.39 is 23.8 Å². The van der Waals surface area contributed by atoms with E-state index in [9.17, 15) is 19.5 Å². The molecule has 0 fully saturated rings. The van der Waals surface area contributed by atoms with Crippen molar-refractivity contribution in [1.29, 1.82) is 0 Å². The molecule has 0 radical (unpaired) electrons. The number of nitrogens with zero attached hydrogens (tertiary/aromatic N) is 1. The zero-order valence-corrected chi connectivity index (χ0v) is 25.0. The lowest BCUT2D eigenvalue weighted by atomic mass is 9.93. The molecule has 1 aromatic rings. The van der Waals surface area contributed by atoms with Crippen molar-refractivity contribution < 1.29 is 24.2 Å².